The largest absolute Gasteiger partial charge is 0.364 e. The van der Waals surface area contributed by atoms with Gasteiger partial charge < -0.3 is 10.6 Å². The Hall–Kier alpha value is -3.49. The average Bonchev–Trinajstić information content (AvgIpc) is 3.38. The third kappa shape index (κ3) is 3.31. The highest BCUT2D eigenvalue weighted by Gasteiger charge is 2.31. The summed E-state index contributed by atoms with van der Waals surface area (Å²) < 4.78 is 0. The van der Waals surface area contributed by atoms with E-state index in [4.69, 9.17) is 5.73 Å². The van der Waals surface area contributed by atoms with Gasteiger partial charge in [0.05, 0.1) is 23.6 Å². The van der Waals surface area contributed by atoms with Crippen LogP contribution in [-0.4, -0.2) is 48.5 Å². The summed E-state index contributed by atoms with van der Waals surface area (Å²) in [6.45, 7) is 0.604. The fourth-order valence-electron chi connectivity index (χ4n) is 3.33. The number of nitrogens with two attached hydrogens (primary N) is 1. The van der Waals surface area contributed by atoms with Gasteiger partial charge in [-0.1, -0.05) is 18.2 Å². The molecule has 1 fully saturated rings. The number of primary amides is 1. The highest BCUT2D eigenvalue weighted by Crippen LogP contribution is 2.31. The van der Waals surface area contributed by atoms with Crippen molar-refractivity contribution >= 4 is 11.8 Å². The molecule has 3 heterocycles. The molecule has 0 aliphatic carbocycles. The van der Waals surface area contributed by atoms with Crippen LogP contribution >= 0.6 is 0 Å². The second-order valence-corrected chi connectivity index (χ2v) is 6.44. The van der Waals surface area contributed by atoms with Gasteiger partial charge in [0.2, 0.25) is 0 Å². The zero-order valence-corrected chi connectivity index (χ0v) is 14.6. The van der Waals surface area contributed by atoms with Gasteiger partial charge in [-0.3, -0.25) is 14.7 Å². The molecule has 0 radical (unpaired) electrons. The van der Waals surface area contributed by atoms with Crippen LogP contribution in [0.15, 0.2) is 42.6 Å². The van der Waals surface area contributed by atoms with Gasteiger partial charge >= 0.3 is 0 Å². The molecule has 9 heteroatoms. The van der Waals surface area contributed by atoms with Crippen LogP contribution in [0.5, 0.6) is 0 Å². The number of carbonyl (C=O) groups excluding carboxylic acids is 2. The fraction of sp³-hybridized carbons (Fsp3) is 0.278. The first-order valence-electron chi connectivity index (χ1n) is 8.77. The molecule has 1 aromatic carbocycles. The van der Waals surface area contributed by atoms with Crippen LogP contribution in [0, 0.1) is 0 Å². The maximum atomic E-state index is 13.1. The van der Waals surface area contributed by atoms with Crippen LogP contribution < -0.4 is 5.73 Å². The van der Waals surface area contributed by atoms with Crippen LogP contribution in [0.25, 0.3) is 5.69 Å². The molecular formula is C18H19N7O2. The summed E-state index contributed by atoms with van der Waals surface area (Å²) in [4.78, 5) is 27.6. The smallest absolute Gasteiger partial charge is 0.276 e. The third-order valence-corrected chi connectivity index (χ3v) is 4.67. The van der Waals surface area contributed by atoms with Crippen molar-refractivity contribution in [1.82, 2.24) is 30.1 Å². The van der Waals surface area contributed by atoms with Gasteiger partial charge in [0.25, 0.3) is 11.8 Å². The van der Waals surface area contributed by atoms with Crippen molar-refractivity contribution in [2.45, 2.75) is 25.3 Å². The molecule has 1 saturated heterocycles. The molecule has 3 N–H and O–H groups in total. The molecule has 3 aromatic rings. The number of benzene rings is 1. The molecule has 9 nitrogen and oxygen atoms in total. The first-order chi connectivity index (χ1) is 13.1. The number of amides is 2. The lowest BCUT2D eigenvalue weighted by molar-refractivity contribution is 0.0599. The van der Waals surface area contributed by atoms with E-state index < -0.39 is 5.91 Å². The Bertz CT molecular complexity index is 963. The minimum atomic E-state index is -0.600. The van der Waals surface area contributed by atoms with Crippen molar-refractivity contribution in [2.75, 3.05) is 6.54 Å². The number of hydrogen-bond donors (Lipinski definition) is 2. The maximum Gasteiger partial charge on any atom is 0.276 e. The standard InChI is InChI=1S/C18H19N7O2/c19-17(26)14-10-13(21-22-14)16-8-4-5-9-24(16)18(27)15-11-20-25(23-15)12-6-2-1-3-7-12/h1-3,6-7,10-11,16H,4-5,8-9H2,(H2,19,26)(H,21,22). The molecular weight excluding hydrogens is 346 g/mol. The molecule has 1 unspecified atom stereocenters. The Morgan fingerprint density at radius 2 is 1.96 bits per heavy atom. The second-order valence-electron chi connectivity index (χ2n) is 6.44. The number of hydrogen-bond acceptors (Lipinski definition) is 5. The summed E-state index contributed by atoms with van der Waals surface area (Å²) in [6, 6.07) is 10.8. The van der Waals surface area contributed by atoms with Gasteiger partial charge in [0, 0.05) is 6.54 Å². The Kier molecular flexibility index (Phi) is 4.41. The van der Waals surface area contributed by atoms with Gasteiger partial charge in [0.1, 0.15) is 5.69 Å². The van der Waals surface area contributed by atoms with Crippen LogP contribution in [0.2, 0.25) is 0 Å². The van der Waals surface area contributed by atoms with Crippen LogP contribution in [0.3, 0.4) is 0 Å². The minimum absolute atomic E-state index is 0.165. The van der Waals surface area contributed by atoms with Gasteiger partial charge in [-0.05, 0) is 37.5 Å². The monoisotopic (exact) mass is 365 g/mol. The van der Waals surface area contributed by atoms with Gasteiger partial charge in [-0.2, -0.15) is 15.0 Å². The Balaban J connectivity index is 1.59. The quantitative estimate of drug-likeness (QED) is 0.724. The summed E-state index contributed by atoms with van der Waals surface area (Å²) in [7, 11) is 0. The number of para-hydroxylation sites is 1. The number of aromatic nitrogens is 5. The summed E-state index contributed by atoms with van der Waals surface area (Å²) in [5, 5.41) is 15.3. The van der Waals surface area contributed by atoms with Gasteiger partial charge in [0.15, 0.2) is 5.69 Å². The molecule has 0 saturated carbocycles. The van der Waals surface area contributed by atoms with E-state index in [9.17, 15) is 9.59 Å². The predicted octanol–water partition coefficient (Wildman–Crippen LogP) is 1.46. The van der Waals surface area contributed by atoms with E-state index in [1.807, 2.05) is 30.3 Å². The number of piperidine rings is 1. The topological polar surface area (TPSA) is 123 Å². The number of H-pyrrole nitrogens is 1. The summed E-state index contributed by atoms with van der Waals surface area (Å²) in [5.41, 5.74) is 7.21. The van der Waals surface area contributed by atoms with Crippen molar-refractivity contribution in [3.63, 3.8) is 0 Å². The van der Waals surface area contributed by atoms with E-state index >= 15 is 0 Å². The molecule has 0 spiro atoms. The number of aromatic amines is 1. The van der Waals surface area contributed by atoms with Crippen LogP contribution in [-0.2, 0) is 0 Å². The lowest BCUT2D eigenvalue weighted by Gasteiger charge is -2.34. The Labute approximate surface area is 155 Å². The highest BCUT2D eigenvalue weighted by molar-refractivity contribution is 5.92. The van der Waals surface area contributed by atoms with Crippen LogP contribution in [0.4, 0.5) is 0 Å². The summed E-state index contributed by atoms with van der Waals surface area (Å²) in [5.74, 6) is -0.797. The minimum Gasteiger partial charge on any atom is -0.364 e. The summed E-state index contributed by atoms with van der Waals surface area (Å²) >= 11 is 0. The highest BCUT2D eigenvalue weighted by atomic mass is 16.2. The number of nitrogens with zero attached hydrogens (tertiary/aromatic N) is 5. The van der Waals surface area contributed by atoms with Crippen molar-refractivity contribution < 1.29 is 9.59 Å². The SMILES string of the molecule is NC(=O)c1cc(C2CCCCN2C(=O)c2cnn(-c3ccccc3)n2)[nH]n1. The molecule has 0 bridgehead atoms. The molecule has 138 valence electrons. The van der Waals surface area contributed by atoms with Crippen LogP contribution in [0.1, 0.15) is 52.0 Å². The molecule has 1 aliphatic rings. The van der Waals surface area contributed by atoms with Crippen molar-refractivity contribution in [2.24, 2.45) is 5.73 Å². The lowest BCUT2D eigenvalue weighted by atomic mass is 9.98. The number of carbonyl (C=O) groups is 2. The number of rotatable bonds is 4. The van der Waals surface area contributed by atoms with Crippen molar-refractivity contribution in [3.05, 3.63) is 59.7 Å². The van der Waals surface area contributed by atoms with E-state index in [1.54, 1.807) is 11.0 Å². The third-order valence-electron chi connectivity index (χ3n) is 4.67. The Morgan fingerprint density at radius 3 is 2.70 bits per heavy atom. The maximum absolute atomic E-state index is 13.1. The van der Waals surface area contributed by atoms with Gasteiger partial charge in [-0.25, -0.2) is 0 Å². The predicted molar refractivity (Wildman–Crippen MR) is 96.1 cm³/mol. The molecule has 1 atom stereocenters. The van der Waals surface area contributed by atoms with E-state index in [1.165, 1.54) is 11.0 Å². The average molecular weight is 365 g/mol. The first-order valence-corrected chi connectivity index (χ1v) is 8.77. The normalized spacial score (nSPS) is 17.0. The number of nitrogens with one attached hydrogen (secondary N) is 1. The second kappa shape index (κ2) is 7.02. The van der Waals surface area contributed by atoms with E-state index in [0.29, 0.717) is 12.2 Å². The molecule has 2 amide bonds. The lowest BCUT2D eigenvalue weighted by Crippen LogP contribution is -2.39. The van der Waals surface area contributed by atoms with E-state index in [-0.39, 0.29) is 23.3 Å². The fourth-order valence-corrected chi connectivity index (χ4v) is 3.33. The number of likely N-dealkylation sites (tertiary alicyclic amines) is 1. The van der Waals surface area contributed by atoms with Gasteiger partial charge in [-0.15, -0.1) is 5.10 Å². The summed E-state index contributed by atoms with van der Waals surface area (Å²) in [6.07, 6.45) is 4.14. The molecule has 1 aliphatic heterocycles. The zero-order valence-electron chi connectivity index (χ0n) is 14.6. The van der Waals surface area contributed by atoms with Crippen molar-refractivity contribution in [3.8, 4) is 5.69 Å². The zero-order chi connectivity index (χ0) is 18.8. The molecule has 2 aromatic heterocycles. The first kappa shape index (κ1) is 17.0. The van der Waals surface area contributed by atoms with Crippen molar-refractivity contribution in [1.29, 1.82) is 0 Å². The Morgan fingerprint density at radius 1 is 1.15 bits per heavy atom. The van der Waals surface area contributed by atoms with E-state index in [0.717, 1.165) is 24.9 Å². The molecule has 4 rings (SSSR count). The van der Waals surface area contributed by atoms with E-state index in [2.05, 4.69) is 20.4 Å². The molecule has 27 heavy (non-hydrogen) atoms.